The average molecular weight is 491 g/mol. The summed E-state index contributed by atoms with van der Waals surface area (Å²) in [6, 6.07) is 14.9. The smallest absolute Gasteiger partial charge is 0.266 e. The van der Waals surface area contributed by atoms with Gasteiger partial charge >= 0.3 is 0 Å². The Bertz CT molecular complexity index is 961. The molecule has 2 amide bonds. The molecule has 0 spiro atoms. The molecule has 5 nitrogen and oxygen atoms in total. The highest BCUT2D eigenvalue weighted by atomic mass is 79.9. The van der Waals surface area contributed by atoms with Gasteiger partial charge in [-0.3, -0.25) is 14.5 Å². The predicted octanol–water partition coefficient (Wildman–Crippen LogP) is 5.08. The maximum Gasteiger partial charge on any atom is 0.266 e. The van der Waals surface area contributed by atoms with Crippen molar-refractivity contribution in [1.29, 1.82) is 0 Å². The summed E-state index contributed by atoms with van der Waals surface area (Å²) in [6.07, 6.45) is 1.96. The lowest BCUT2D eigenvalue weighted by molar-refractivity contribution is -0.122. The molecule has 150 valence electrons. The molecular formula is C21H19BrN2O3S2. The molecule has 1 aliphatic heterocycles. The number of benzene rings is 2. The number of hydrogen-bond donors (Lipinski definition) is 1. The number of anilines is 1. The summed E-state index contributed by atoms with van der Waals surface area (Å²) in [7, 11) is 0. The molecule has 0 aliphatic carbocycles. The van der Waals surface area contributed by atoms with Gasteiger partial charge in [-0.2, -0.15) is 0 Å². The van der Waals surface area contributed by atoms with Gasteiger partial charge in [-0.15, -0.1) is 0 Å². The number of halogens is 1. The molecule has 3 rings (SSSR count). The van der Waals surface area contributed by atoms with Gasteiger partial charge in [0.2, 0.25) is 5.91 Å². The van der Waals surface area contributed by atoms with E-state index in [1.54, 1.807) is 6.08 Å². The van der Waals surface area contributed by atoms with Crippen LogP contribution in [-0.4, -0.2) is 34.2 Å². The Morgan fingerprint density at radius 2 is 2.03 bits per heavy atom. The quantitative estimate of drug-likeness (QED) is 0.433. The Hall–Kier alpha value is -2.16. The topological polar surface area (TPSA) is 58.6 Å². The molecule has 0 unspecified atom stereocenters. The minimum absolute atomic E-state index is 0.162. The number of ether oxygens (including phenoxy) is 1. The van der Waals surface area contributed by atoms with Crippen LogP contribution >= 0.6 is 39.9 Å². The van der Waals surface area contributed by atoms with Gasteiger partial charge in [-0.1, -0.05) is 58.1 Å². The van der Waals surface area contributed by atoms with Crippen LogP contribution in [0.4, 0.5) is 5.69 Å². The second kappa shape index (κ2) is 10.0. The minimum atomic E-state index is -0.177. The van der Waals surface area contributed by atoms with Crippen LogP contribution in [0.1, 0.15) is 18.9 Å². The maximum absolute atomic E-state index is 12.7. The Morgan fingerprint density at radius 3 is 2.72 bits per heavy atom. The normalized spacial score (nSPS) is 15.1. The average Bonchev–Trinajstić information content (AvgIpc) is 2.95. The molecule has 1 saturated heterocycles. The molecule has 8 heteroatoms. The van der Waals surface area contributed by atoms with Crippen molar-refractivity contribution >= 4 is 67.8 Å². The van der Waals surface area contributed by atoms with Crippen LogP contribution in [0.15, 0.2) is 57.9 Å². The van der Waals surface area contributed by atoms with E-state index in [1.807, 2.05) is 55.5 Å². The van der Waals surface area contributed by atoms with E-state index in [0.717, 1.165) is 15.8 Å². The molecule has 1 heterocycles. The van der Waals surface area contributed by atoms with Crippen molar-refractivity contribution in [2.24, 2.45) is 0 Å². The van der Waals surface area contributed by atoms with Crippen molar-refractivity contribution in [2.75, 3.05) is 18.5 Å². The molecule has 1 fully saturated rings. The highest BCUT2D eigenvalue weighted by Gasteiger charge is 2.32. The van der Waals surface area contributed by atoms with Gasteiger partial charge in [0.25, 0.3) is 5.91 Å². The lowest BCUT2D eigenvalue weighted by atomic mass is 10.2. The van der Waals surface area contributed by atoms with Gasteiger partial charge in [-0.05, 0) is 48.9 Å². The van der Waals surface area contributed by atoms with Crippen molar-refractivity contribution < 1.29 is 14.3 Å². The van der Waals surface area contributed by atoms with E-state index in [2.05, 4.69) is 21.2 Å². The number of nitrogens with one attached hydrogen (secondary N) is 1. The van der Waals surface area contributed by atoms with Gasteiger partial charge in [0, 0.05) is 23.1 Å². The SMILES string of the molecule is CCOc1ccc(/C=C2/SC(=S)N(CCC(=O)Nc3cccc(Br)c3)C2=O)cc1. The van der Waals surface area contributed by atoms with E-state index in [9.17, 15) is 9.59 Å². The van der Waals surface area contributed by atoms with Crippen LogP contribution < -0.4 is 10.1 Å². The summed E-state index contributed by atoms with van der Waals surface area (Å²) in [6.45, 7) is 2.77. The van der Waals surface area contributed by atoms with E-state index < -0.39 is 0 Å². The van der Waals surface area contributed by atoms with Gasteiger partial charge in [0.15, 0.2) is 0 Å². The molecule has 2 aromatic carbocycles. The third kappa shape index (κ3) is 5.91. The molecule has 2 aromatic rings. The summed E-state index contributed by atoms with van der Waals surface area (Å²) < 4.78 is 6.77. The summed E-state index contributed by atoms with van der Waals surface area (Å²) in [5.74, 6) is 0.436. The predicted molar refractivity (Wildman–Crippen MR) is 125 cm³/mol. The fraction of sp³-hybridized carbons (Fsp3) is 0.190. The Kier molecular flexibility index (Phi) is 7.46. The highest BCUT2D eigenvalue weighted by Crippen LogP contribution is 2.33. The monoisotopic (exact) mass is 490 g/mol. The largest absolute Gasteiger partial charge is 0.494 e. The number of carbonyl (C=O) groups is 2. The first-order valence-corrected chi connectivity index (χ1v) is 11.0. The summed E-state index contributed by atoms with van der Waals surface area (Å²) in [5.41, 5.74) is 1.59. The third-order valence-electron chi connectivity index (χ3n) is 4.03. The van der Waals surface area contributed by atoms with Crippen LogP contribution in [0.3, 0.4) is 0 Å². The van der Waals surface area contributed by atoms with Crippen LogP contribution in [0.5, 0.6) is 5.75 Å². The molecular weight excluding hydrogens is 472 g/mol. The molecule has 0 radical (unpaired) electrons. The standard InChI is InChI=1S/C21H19BrN2O3S2/c1-2-27-17-8-6-14(7-9-17)12-18-20(26)24(21(28)29-18)11-10-19(25)23-16-5-3-4-15(22)13-16/h3-9,12-13H,2,10-11H2,1H3,(H,23,25)/b18-12+. The van der Waals surface area contributed by atoms with Crippen LogP contribution in [0, 0.1) is 0 Å². The summed E-state index contributed by atoms with van der Waals surface area (Å²) in [4.78, 5) is 26.9. The van der Waals surface area contributed by atoms with Gasteiger partial charge < -0.3 is 10.1 Å². The van der Waals surface area contributed by atoms with E-state index in [1.165, 1.54) is 16.7 Å². The van der Waals surface area contributed by atoms with Gasteiger partial charge in [0.05, 0.1) is 11.5 Å². The molecule has 0 atom stereocenters. The third-order valence-corrected chi connectivity index (χ3v) is 5.90. The summed E-state index contributed by atoms with van der Waals surface area (Å²) in [5, 5.41) is 2.82. The molecule has 29 heavy (non-hydrogen) atoms. The van der Waals surface area contributed by atoms with E-state index in [-0.39, 0.29) is 24.8 Å². The van der Waals surface area contributed by atoms with Crippen molar-refractivity contribution in [3.63, 3.8) is 0 Å². The van der Waals surface area contributed by atoms with Crippen molar-refractivity contribution in [3.05, 3.63) is 63.5 Å². The molecule has 1 N–H and O–H groups in total. The summed E-state index contributed by atoms with van der Waals surface area (Å²) >= 11 is 9.95. The fourth-order valence-electron chi connectivity index (χ4n) is 2.67. The molecule has 0 bridgehead atoms. The highest BCUT2D eigenvalue weighted by molar-refractivity contribution is 9.10. The molecule has 0 saturated carbocycles. The minimum Gasteiger partial charge on any atom is -0.494 e. The Labute approximate surface area is 187 Å². The number of thiocarbonyl (C=S) groups is 1. The van der Waals surface area contributed by atoms with E-state index >= 15 is 0 Å². The number of hydrogen-bond acceptors (Lipinski definition) is 5. The first-order chi connectivity index (χ1) is 14.0. The maximum atomic E-state index is 12.7. The van der Waals surface area contributed by atoms with Crippen molar-refractivity contribution in [2.45, 2.75) is 13.3 Å². The van der Waals surface area contributed by atoms with Crippen LogP contribution in [0.25, 0.3) is 6.08 Å². The van der Waals surface area contributed by atoms with Crippen LogP contribution in [0.2, 0.25) is 0 Å². The van der Waals surface area contributed by atoms with E-state index in [4.69, 9.17) is 17.0 Å². The number of thioether (sulfide) groups is 1. The molecule has 0 aromatic heterocycles. The van der Waals surface area contributed by atoms with Crippen molar-refractivity contribution in [3.8, 4) is 5.75 Å². The molecule has 1 aliphatic rings. The first kappa shape index (κ1) is 21.5. The Balaban J connectivity index is 1.59. The lowest BCUT2D eigenvalue weighted by Gasteiger charge is -2.14. The van der Waals surface area contributed by atoms with Gasteiger partial charge in [0.1, 0.15) is 10.1 Å². The lowest BCUT2D eigenvalue weighted by Crippen LogP contribution is -2.31. The zero-order valence-corrected chi connectivity index (χ0v) is 18.9. The van der Waals surface area contributed by atoms with Crippen molar-refractivity contribution in [1.82, 2.24) is 4.90 Å². The zero-order chi connectivity index (χ0) is 20.8. The fourth-order valence-corrected chi connectivity index (χ4v) is 4.38. The first-order valence-electron chi connectivity index (χ1n) is 9.00. The zero-order valence-electron chi connectivity index (χ0n) is 15.7. The second-order valence-corrected chi connectivity index (χ2v) is 8.74. The Morgan fingerprint density at radius 1 is 1.28 bits per heavy atom. The second-order valence-electron chi connectivity index (χ2n) is 6.14. The number of nitrogens with zero attached hydrogens (tertiary/aromatic N) is 1. The van der Waals surface area contributed by atoms with Crippen LogP contribution in [-0.2, 0) is 9.59 Å². The number of carbonyl (C=O) groups excluding carboxylic acids is 2. The van der Waals surface area contributed by atoms with Gasteiger partial charge in [-0.25, -0.2) is 0 Å². The number of amides is 2. The van der Waals surface area contributed by atoms with E-state index in [0.29, 0.717) is 21.5 Å². The number of rotatable bonds is 7.